The maximum absolute atomic E-state index is 12.4. The first kappa shape index (κ1) is 14.5. The van der Waals surface area contributed by atoms with Gasteiger partial charge in [0, 0.05) is 18.7 Å². The molecule has 5 nitrogen and oxygen atoms in total. The van der Waals surface area contributed by atoms with Crippen LogP contribution in [0.15, 0.2) is 30.6 Å². The van der Waals surface area contributed by atoms with E-state index in [1.807, 2.05) is 30.0 Å². The molecule has 0 spiro atoms. The van der Waals surface area contributed by atoms with Crippen LogP contribution in [-0.4, -0.2) is 41.0 Å². The van der Waals surface area contributed by atoms with Crippen molar-refractivity contribution in [2.24, 2.45) is 0 Å². The summed E-state index contributed by atoms with van der Waals surface area (Å²) in [6.07, 6.45) is 5.37. The molecule has 114 valence electrons. The van der Waals surface area contributed by atoms with Gasteiger partial charge in [-0.15, -0.1) is 0 Å². The lowest BCUT2D eigenvalue weighted by Gasteiger charge is -2.15. The Kier molecular flexibility index (Phi) is 4.04. The summed E-state index contributed by atoms with van der Waals surface area (Å²) in [6, 6.07) is 5.78. The number of rotatable bonds is 3. The second-order valence-corrected chi connectivity index (χ2v) is 5.47. The molecular formula is C17H19N3O2. The summed E-state index contributed by atoms with van der Waals surface area (Å²) < 4.78 is 5.22. The van der Waals surface area contributed by atoms with E-state index in [0.717, 1.165) is 42.8 Å². The summed E-state index contributed by atoms with van der Waals surface area (Å²) in [6.45, 7) is 3.62. The number of carbonyl (C=O) groups is 1. The summed E-state index contributed by atoms with van der Waals surface area (Å²) >= 11 is 0. The normalized spacial score (nSPS) is 14.2. The Balaban J connectivity index is 1.92. The molecule has 1 aromatic carbocycles. The Labute approximate surface area is 130 Å². The van der Waals surface area contributed by atoms with E-state index in [1.54, 1.807) is 19.5 Å². The maximum atomic E-state index is 12.4. The predicted molar refractivity (Wildman–Crippen MR) is 83.9 cm³/mol. The summed E-state index contributed by atoms with van der Waals surface area (Å²) in [4.78, 5) is 23.0. The van der Waals surface area contributed by atoms with Crippen molar-refractivity contribution in [2.75, 3.05) is 20.2 Å². The zero-order chi connectivity index (χ0) is 15.5. The Morgan fingerprint density at radius 3 is 2.68 bits per heavy atom. The number of methoxy groups -OCH3 is 1. The Bertz CT molecular complexity index is 694. The highest BCUT2D eigenvalue weighted by atomic mass is 16.5. The van der Waals surface area contributed by atoms with E-state index >= 15 is 0 Å². The van der Waals surface area contributed by atoms with Crippen molar-refractivity contribution in [3.8, 4) is 17.0 Å². The molecule has 1 amide bonds. The highest BCUT2D eigenvalue weighted by Gasteiger charge is 2.21. The second kappa shape index (κ2) is 6.13. The van der Waals surface area contributed by atoms with E-state index in [0.29, 0.717) is 11.4 Å². The van der Waals surface area contributed by atoms with Crippen LogP contribution in [0.5, 0.6) is 5.75 Å². The Morgan fingerprint density at radius 1 is 1.23 bits per heavy atom. The van der Waals surface area contributed by atoms with Crippen LogP contribution < -0.4 is 4.74 Å². The van der Waals surface area contributed by atoms with E-state index in [-0.39, 0.29) is 5.91 Å². The van der Waals surface area contributed by atoms with Gasteiger partial charge in [0.2, 0.25) is 0 Å². The van der Waals surface area contributed by atoms with Crippen LogP contribution in [0.4, 0.5) is 0 Å². The first-order valence-corrected chi connectivity index (χ1v) is 7.45. The van der Waals surface area contributed by atoms with E-state index in [1.165, 1.54) is 0 Å². The van der Waals surface area contributed by atoms with Crippen molar-refractivity contribution in [2.45, 2.75) is 19.8 Å². The largest absolute Gasteiger partial charge is 0.497 e. The van der Waals surface area contributed by atoms with Crippen molar-refractivity contribution in [3.63, 3.8) is 0 Å². The summed E-state index contributed by atoms with van der Waals surface area (Å²) in [5.41, 5.74) is 3.13. The first-order chi connectivity index (χ1) is 10.7. The fraction of sp³-hybridized carbons (Fsp3) is 0.353. The molecule has 1 aliphatic rings. The lowest BCUT2D eigenvalue weighted by atomic mass is 10.1. The number of aromatic nitrogens is 2. The minimum absolute atomic E-state index is 0.0296. The molecule has 0 atom stereocenters. The van der Waals surface area contributed by atoms with Gasteiger partial charge in [0.1, 0.15) is 11.4 Å². The molecule has 1 saturated heterocycles. The highest BCUT2D eigenvalue weighted by molar-refractivity contribution is 5.92. The molecule has 3 rings (SSSR count). The minimum Gasteiger partial charge on any atom is -0.497 e. The van der Waals surface area contributed by atoms with Gasteiger partial charge in [0.05, 0.1) is 25.2 Å². The Morgan fingerprint density at radius 2 is 2.00 bits per heavy atom. The minimum atomic E-state index is -0.0296. The lowest BCUT2D eigenvalue weighted by molar-refractivity contribution is 0.0786. The number of nitrogens with zero attached hydrogens (tertiary/aromatic N) is 3. The topological polar surface area (TPSA) is 55.3 Å². The van der Waals surface area contributed by atoms with Crippen LogP contribution in [0.25, 0.3) is 11.3 Å². The van der Waals surface area contributed by atoms with Crippen molar-refractivity contribution in [1.82, 2.24) is 14.9 Å². The molecule has 0 N–H and O–H groups in total. The number of amides is 1. The molecule has 1 aromatic heterocycles. The van der Waals surface area contributed by atoms with E-state index in [4.69, 9.17) is 4.74 Å². The SMILES string of the molecule is COc1ccc(-c2cncc(C(=O)N3CCCC3)n2)c(C)c1. The zero-order valence-electron chi connectivity index (χ0n) is 12.9. The summed E-state index contributed by atoms with van der Waals surface area (Å²) in [5, 5.41) is 0. The molecule has 0 bridgehead atoms. The van der Waals surface area contributed by atoms with E-state index in [2.05, 4.69) is 9.97 Å². The molecule has 2 heterocycles. The highest BCUT2D eigenvalue weighted by Crippen LogP contribution is 2.25. The van der Waals surface area contributed by atoms with Crippen molar-refractivity contribution in [3.05, 3.63) is 41.9 Å². The molecular weight excluding hydrogens is 278 g/mol. The van der Waals surface area contributed by atoms with Crippen LogP contribution in [0.3, 0.4) is 0 Å². The molecule has 0 radical (unpaired) electrons. The number of hydrogen-bond donors (Lipinski definition) is 0. The maximum Gasteiger partial charge on any atom is 0.274 e. The molecule has 0 saturated carbocycles. The van der Waals surface area contributed by atoms with Gasteiger partial charge in [-0.3, -0.25) is 9.78 Å². The van der Waals surface area contributed by atoms with Crippen LogP contribution in [0.1, 0.15) is 28.9 Å². The smallest absolute Gasteiger partial charge is 0.274 e. The zero-order valence-corrected chi connectivity index (χ0v) is 12.9. The van der Waals surface area contributed by atoms with Gasteiger partial charge in [0.25, 0.3) is 5.91 Å². The number of benzene rings is 1. The van der Waals surface area contributed by atoms with E-state index < -0.39 is 0 Å². The fourth-order valence-corrected chi connectivity index (χ4v) is 2.73. The average Bonchev–Trinajstić information content (AvgIpc) is 3.08. The molecule has 0 aliphatic carbocycles. The monoisotopic (exact) mass is 297 g/mol. The van der Waals surface area contributed by atoms with Gasteiger partial charge in [-0.1, -0.05) is 0 Å². The third-order valence-electron chi connectivity index (χ3n) is 3.96. The molecule has 0 unspecified atom stereocenters. The third-order valence-corrected chi connectivity index (χ3v) is 3.96. The number of likely N-dealkylation sites (tertiary alicyclic amines) is 1. The molecule has 22 heavy (non-hydrogen) atoms. The standard InChI is InChI=1S/C17H19N3O2/c1-12-9-13(22-2)5-6-14(12)15-10-18-11-16(19-15)17(21)20-7-3-4-8-20/h5-6,9-11H,3-4,7-8H2,1-2H3. The third kappa shape index (κ3) is 2.79. The quantitative estimate of drug-likeness (QED) is 0.874. The molecule has 1 aliphatic heterocycles. The molecule has 1 fully saturated rings. The molecule has 2 aromatic rings. The van der Waals surface area contributed by atoms with Gasteiger partial charge >= 0.3 is 0 Å². The van der Waals surface area contributed by atoms with Crippen LogP contribution in [0, 0.1) is 6.92 Å². The van der Waals surface area contributed by atoms with Crippen LogP contribution in [0.2, 0.25) is 0 Å². The summed E-state index contributed by atoms with van der Waals surface area (Å²) in [7, 11) is 1.64. The summed E-state index contributed by atoms with van der Waals surface area (Å²) in [5.74, 6) is 0.775. The average molecular weight is 297 g/mol. The van der Waals surface area contributed by atoms with Gasteiger partial charge in [-0.2, -0.15) is 0 Å². The number of ether oxygens (including phenoxy) is 1. The van der Waals surface area contributed by atoms with Crippen molar-refractivity contribution in [1.29, 1.82) is 0 Å². The van der Waals surface area contributed by atoms with Crippen molar-refractivity contribution >= 4 is 5.91 Å². The van der Waals surface area contributed by atoms with Crippen LogP contribution in [-0.2, 0) is 0 Å². The van der Waals surface area contributed by atoms with E-state index in [9.17, 15) is 4.79 Å². The second-order valence-electron chi connectivity index (χ2n) is 5.47. The van der Waals surface area contributed by atoms with Crippen LogP contribution >= 0.6 is 0 Å². The van der Waals surface area contributed by atoms with Gasteiger partial charge in [0.15, 0.2) is 0 Å². The number of aryl methyl sites for hydroxylation is 1. The lowest BCUT2D eigenvalue weighted by Crippen LogP contribution is -2.28. The van der Waals surface area contributed by atoms with Crippen molar-refractivity contribution < 1.29 is 9.53 Å². The van der Waals surface area contributed by atoms with Gasteiger partial charge in [-0.25, -0.2) is 4.98 Å². The number of hydrogen-bond acceptors (Lipinski definition) is 4. The number of carbonyl (C=O) groups excluding carboxylic acids is 1. The van der Waals surface area contributed by atoms with Gasteiger partial charge in [-0.05, 0) is 43.5 Å². The Hall–Kier alpha value is -2.43. The fourth-order valence-electron chi connectivity index (χ4n) is 2.73. The van der Waals surface area contributed by atoms with Gasteiger partial charge < -0.3 is 9.64 Å². The first-order valence-electron chi connectivity index (χ1n) is 7.45. The predicted octanol–water partition coefficient (Wildman–Crippen LogP) is 2.70. The molecule has 5 heteroatoms.